The van der Waals surface area contributed by atoms with Crippen molar-refractivity contribution in [1.29, 1.82) is 0 Å². The first-order valence-electron chi connectivity index (χ1n) is 10.1. The van der Waals surface area contributed by atoms with Crippen LogP contribution in [0.15, 0.2) is 83.8 Å². The van der Waals surface area contributed by atoms with Crippen molar-refractivity contribution in [1.82, 2.24) is 0 Å². The number of hydrogen-bond donors (Lipinski definition) is 1. The molecule has 33 heavy (non-hydrogen) atoms. The van der Waals surface area contributed by atoms with Crippen LogP contribution in [0.25, 0.3) is 0 Å². The fraction of sp³-hybridized carbons (Fsp3) is 0.125. The maximum atomic E-state index is 12.8. The Morgan fingerprint density at radius 1 is 1.00 bits per heavy atom. The van der Waals surface area contributed by atoms with Crippen LogP contribution >= 0.6 is 11.8 Å². The Morgan fingerprint density at radius 3 is 2.30 bits per heavy atom. The molecular formula is C24H19N3O5S. The lowest BCUT2D eigenvalue weighted by molar-refractivity contribution is -0.384. The molecule has 1 aliphatic rings. The van der Waals surface area contributed by atoms with Crippen molar-refractivity contribution in [2.24, 2.45) is 0 Å². The van der Waals surface area contributed by atoms with Gasteiger partial charge in [0.25, 0.3) is 5.69 Å². The third-order valence-corrected chi connectivity index (χ3v) is 6.25. The summed E-state index contributed by atoms with van der Waals surface area (Å²) in [6.45, 7) is 0. The molecule has 3 aromatic carbocycles. The molecule has 8 nitrogen and oxygen atoms in total. The van der Waals surface area contributed by atoms with Gasteiger partial charge in [0.15, 0.2) is 0 Å². The molecule has 4 rings (SSSR count). The van der Waals surface area contributed by atoms with E-state index in [1.165, 1.54) is 36.0 Å². The van der Waals surface area contributed by atoms with E-state index in [0.717, 1.165) is 15.4 Å². The first-order chi connectivity index (χ1) is 15.9. The van der Waals surface area contributed by atoms with Crippen molar-refractivity contribution in [3.05, 3.63) is 94.5 Å². The van der Waals surface area contributed by atoms with Gasteiger partial charge in [-0.15, -0.1) is 11.8 Å². The highest BCUT2D eigenvalue weighted by atomic mass is 32.2. The Hall–Kier alpha value is -3.98. The van der Waals surface area contributed by atoms with E-state index in [1.54, 1.807) is 24.3 Å². The van der Waals surface area contributed by atoms with Crippen LogP contribution in [0, 0.1) is 10.1 Å². The van der Waals surface area contributed by atoms with E-state index in [4.69, 9.17) is 0 Å². The van der Waals surface area contributed by atoms with Crippen LogP contribution < -0.4 is 10.2 Å². The number of benzene rings is 3. The van der Waals surface area contributed by atoms with Gasteiger partial charge in [0.1, 0.15) is 0 Å². The molecule has 1 aliphatic heterocycles. The van der Waals surface area contributed by atoms with Crippen molar-refractivity contribution in [2.45, 2.75) is 23.0 Å². The van der Waals surface area contributed by atoms with E-state index in [1.807, 2.05) is 30.3 Å². The molecule has 1 fully saturated rings. The largest absolute Gasteiger partial charge is 0.326 e. The first kappa shape index (κ1) is 22.2. The number of non-ortho nitro benzene ring substituents is 1. The second-order valence-corrected chi connectivity index (χ2v) is 8.66. The van der Waals surface area contributed by atoms with Gasteiger partial charge in [0.2, 0.25) is 17.7 Å². The Kier molecular flexibility index (Phi) is 6.50. The second kappa shape index (κ2) is 9.66. The molecule has 0 saturated carbocycles. The highest BCUT2D eigenvalue weighted by molar-refractivity contribution is 8.00. The minimum atomic E-state index is -0.591. The van der Waals surface area contributed by atoms with Crippen molar-refractivity contribution in [3.8, 4) is 0 Å². The Morgan fingerprint density at radius 2 is 1.67 bits per heavy atom. The molecule has 0 aliphatic carbocycles. The van der Waals surface area contributed by atoms with Gasteiger partial charge in [-0.1, -0.05) is 30.3 Å². The number of anilines is 2. The zero-order chi connectivity index (χ0) is 23.4. The summed E-state index contributed by atoms with van der Waals surface area (Å²) in [5, 5.41) is 13.1. The summed E-state index contributed by atoms with van der Waals surface area (Å²) < 4.78 is 0. The van der Waals surface area contributed by atoms with Crippen LogP contribution in [0.5, 0.6) is 0 Å². The molecule has 0 spiro atoms. The third-order valence-electron chi connectivity index (χ3n) is 5.05. The number of carbonyl (C=O) groups is 3. The average Bonchev–Trinajstić information content (AvgIpc) is 3.08. The minimum absolute atomic E-state index is 0.0377. The fourth-order valence-corrected chi connectivity index (χ4v) is 4.51. The van der Waals surface area contributed by atoms with Crippen LogP contribution in [-0.2, 0) is 20.8 Å². The molecule has 1 N–H and O–H groups in total. The van der Waals surface area contributed by atoms with Crippen LogP contribution in [0.1, 0.15) is 12.0 Å². The smallest absolute Gasteiger partial charge is 0.269 e. The van der Waals surface area contributed by atoms with Crippen molar-refractivity contribution < 1.29 is 19.3 Å². The standard InChI is InChI=1S/C24H19N3O5S/c28-22(14-16-4-2-1-3-5-16)25-17-6-12-20(13-7-17)33-21-15-23(29)26(24(21)30)18-8-10-19(11-9-18)27(31)32/h1-13,21H,14-15H2,(H,25,28). The van der Waals surface area contributed by atoms with Crippen LogP contribution in [0.3, 0.4) is 0 Å². The van der Waals surface area contributed by atoms with E-state index < -0.39 is 10.2 Å². The minimum Gasteiger partial charge on any atom is -0.326 e. The first-order valence-corrected chi connectivity index (χ1v) is 11.0. The van der Waals surface area contributed by atoms with Gasteiger partial charge in [-0.25, -0.2) is 4.90 Å². The average molecular weight is 461 g/mol. The number of hydrogen-bond acceptors (Lipinski definition) is 6. The zero-order valence-corrected chi connectivity index (χ0v) is 18.2. The Labute approximate surface area is 193 Å². The molecule has 1 atom stereocenters. The summed E-state index contributed by atoms with van der Waals surface area (Å²) in [5.74, 6) is -0.841. The van der Waals surface area contributed by atoms with E-state index in [-0.39, 0.29) is 36.3 Å². The molecule has 3 amide bonds. The number of amides is 3. The van der Waals surface area contributed by atoms with Gasteiger partial charge in [0, 0.05) is 29.1 Å². The predicted molar refractivity (Wildman–Crippen MR) is 125 cm³/mol. The number of rotatable bonds is 7. The number of nitro benzene ring substituents is 1. The Bertz CT molecular complexity index is 1200. The number of nitro groups is 1. The summed E-state index contributed by atoms with van der Waals surface area (Å²) in [6.07, 6.45) is 0.310. The van der Waals surface area contributed by atoms with Crippen LogP contribution in [0.4, 0.5) is 17.1 Å². The van der Waals surface area contributed by atoms with Gasteiger partial charge in [-0.3, -0.25) is 24.5 Å². The molecule has 9 heteroatoms. The van der Waals surface area contributed by atoms with Crippen molar-refractivity contribution in [2.75, 3.05) is 10.2 Å². The van der Waals surface area contributed by atoms with E-state index >= 15 is 0 Å². The SMILES string of the molecule is O=C(Cc1ccccc1)Nc1ccc(SC2CC(=O)N(c3ccc([N+](=O)[O-])cc3)C2=O)cc1. The maximum absolute atomic E-state index is 12.8. The van der Waals surface area contributed by atoms with E-state index in [9.17, 15) is 24.5 Å². The quantitative estimate of drug-likeness (QED) is 0.321. The molecule has 0 aromatic heterocycles. The monoisotopic (exact) mass is 461 g/mol. The lowest BCUT2D eigenvalue weighted by atomic mass is 10.1. The molecule has 166 valence electrons. The number of nitrogens with one attached hydrogen (secondary N) is 1. The number of thioether (sulfide) groups is 1. The number of nitrogens with zero attached hydrogens (tertiary/aromatic N) is 2. The van der Waals surface area contributed by atoms with Gasteiger partial charge in [-0.2, -0.15) is 0 Å². The Balaban J connectivity index is 1.37. The van der Waals surface area contributed by atoms with E-state index in [0.29, 0.717) is 11.4 Å². The van der Waals surface area contributed by atoms with Gasteiger partial charge in [-0.05, 0) is 42.0 Å². The lowest BCUT2D eigenvalue weighted by Gasteiger charge is -2.14. The summed E-state index contributed by atoms with van der Waals surface area (Å²) in [7, 11) is 0. The molecule has 3 aromatic rings. The van der Waals surface area contributed by atoms with Gasteiger partial charge in [0.05, 0.1) is 22.3 Å². The van der Waals surface area contributed by atoms with Crippen LogP contribution in [-0.4, -0.2) is 27.9 Å². The molecular weight excluding hydrogens is 442 g/mol. The highest BCUT2D eigenvalue weighted by Crippen LogP contribution is 2.34. The van der Waals surface area contributed by atoms with E-state index in [2.05, 4.69) is 5.32 Å². The number of carbonyl (C=O) groups excluding carboxylic acids is 3. The molecule has 0 radical (unpaired) electrons. The highest BCUT2D eigenvalue weighted by Gasteiger charge is 2.40. The van der Waals surface area contributed by atoms with Gasteiger partial charge < -0.3 is 5.32 Å². The predicted octanol–water partition coefficient (Wildman–Crippen LogP) is 4.20. The van der Waals surface area contributed by atoms with Gasteiger partial charge >= 0.3 is 0 Å². The second-order valence-electron chi connectivity index (χ2n) is 7.39. The number of imide groups is 1. The van der Waals surface area contributed by atoms with Crippen molar-refractivity contribution in [3.63, 3.8) is 0 Å². The molecule has 1 heterocycles. The normalized spacial score (nSPS) is 15.5. The summed E-state index contributed by atoms with van der Waals surface area (Å²) in [4.78, 5) is 49.6. The third kappa shape index (κ3) is 5.27. The topological polar surface area (TPSA) is 110 Å². The van der Waals surface area contributed by atoms with Crippen LogP contribution in [0.2, 0.25) is 0 Å². The summed E-state index contributed by atoms with van der Waals surface area (Å²) in [6, 6.07) is 21.8. The summed E-state index contributed by atoms with van der Waals surface area (Å²) >= 11 is 1.27. The maximum Gasteiger partial charge on any atom is 0.269 e. The molecule has 1 saturated heterocycles. The zero-order valence-electron chi connectivity index (χ0n) is 17.3. The van der Waals surface area contributed by atoms with Crippen molar-refractivity contribution >= 4 is 46.5 Å². The lowest BCUT2D eigenvalue weighted by Crippen LogP contribution is -2.31. The summed E-state index contributed by atoms with van der Waals surface area (Å²) in [5.41, 5.74) is 1.76. The fourth-order valence-electron chi connectivity index (χ4n) is 3.46. The molecule has 0 bridgehead atoms. The molecule has 1 unspecified atom stereocenters.